The molecule has 0 bridgehead atoms. The number of hydrogen-bond acceptors (Lipinski definition) is 5. The summed E-state index contributed by atoms with van der Waals surface area (Å²) < 4.78 is 6.36. The van der Waals surface area contributed by atoms with Crippen molar-refractivity contribution in [2.45, 2.75) is 31.8 Å². The smallest absolute Gasteiger partial charge is 0.230 e. The number of nitrogens with one attached hydrogen (secondary N) is 1. The molecule has 2 aromatic rings. The molecule has 5 rings (SSSR count). The highest BCUT2D eigenvalue weighted by Gasteiger charge is 2.70. The van der Waals surface area contributed by atoms with E-state index in [-0.39, 0.29) is 23.5 Å². The van der Waals surface area contributed by atoms with E-state index in [0.29, 0.717) is 28.8 Å². The lowest BCUT2D eigenvalue weighted by atomic mass is 9.84. The highest BCUT2D eigenvalue weighted by Crippen LogP contribution is 2.65. The number of Topliss-reactive ketones (excluding diaryl/α,β-unsaturated/α-hetero) is 1. The molecule has 2 aliphatic carbocycles. The molecule has 0 radical (unpaired) electrons. The number of amides is 1. The summed E-state index contributed by atoms with van der Waals surface area (Å²) >= 11 is 1.42. The Morgan fingerprint density at radius 1 is 1.44 bits per heavy atom. The minimum absolute atomic E-state index is 0.00905. The van der Waals surface area contributed by atoms with Crippen LogP contribution in [-0.4, -0.2) is 22.3 Å². The van der Waals surface area contributed by atoms with Crippen LogP contribution in [0.3, 0.4) is 0 Å². The number of benzene rings is 1. The van der Waals surface area contributed by atoms with Gasteiger partial charge in [-0.1, -0.05) is 11.6 Å². The van der Waals surface area contributed by atoms with Gasteiger partial charge in [-0.05, 0) is 37.8 Å². The van der Waals surface area contributed by atoms with Crippen LogP contribution in [0, 0.1) is 24.7 Å². The summed E-state index contributed by atoms with van der Waals surface area (Å²) in [5.41, 5.74) is 1.23. The van der Waals surface area contributed by atoms with Gasteiger partial charge in [0, 0.05) is 23.4 Å². The summed E-state index contributed by atoms with van der Waals surface area (Å²) in [5.74, 6) is 1.20. The maximum atomic E-state index is 12.7. The molecule has 4 atom stereocenters. The molecule has 128 valence electrons. The minimum atomic E-state index is -0.505. The molecule has 5 nitrogen and oxygen atoms in total. The second-order valence-corrected chi connectivity index (χ2v) is 8.24. The first-order valence-electron chi connectivity index (χ1n) is 8.61. The predicted octanol–water partition coefficient (Wildman–Crippen LogP) is 3.45. The Morgan fingerprint density at radius 2 is 2.32 bits per heavy atom. The number of aromatic nitrogens is 1. The number of aryl methyl sites for hydroxylation is 1. The number of hydrogen-bond donors (Lipinski definition) is 1. The maximum absolute atomic E-state index is 12.7. The molecule has 1 aromatic carbocycles. The molecular weight excluding hydrogens is 336 g/mol. The van der Waals surface area contributed by atoms with E-state index in [4.69, 9.17) is 4.74 Å². The van der Waals surface area contributed by atoms with Crippen molar-refractivity contribution < 1.29 is 14.3 Å². The number of rotatable bonds is 2. The zero-order valence-corrected chi connectivity index (χ0v) is 14.6. The van der Waals surface area contributed by atoms with Crippen molar-refractivity contribution in [3.05, 3.63) is 40.9 Å². The fourth-order valence-electron chi connectivity index (χ4n) is 4.76. The summed E-state index contributed by atoms with van der Waals surface area (Å²) in [4.78, 5) is 29.4. The quantitative estimate of drug-likeness (QED) is 0.897. The normalized spacial score (nSPS) is 32.0. The molecule has 2 saturated carbocycles. The summed E-state index contributed by atoms with van der Waals surface area (Å²) in [6, 6.07) is 5.76. The standard InChI is InChI=1S/C19H18N2O3S/c1-10-2-3-14-12(8-10)13(22)9-19(24-14)5-4-11-15(16(11)19)17(23)21-18-20-6-7-25-18/h2-3,6-8,11,15-16H,4-5,9H2,1H3,(H,20,21,23)/t11-,15+,16-,19+/m1/s1. The number of nitrogens with zero attached hydrogens (tertiary/aromatic N) is 1. The monoisotopic (exact) mass is 354 g/mol. The number of ether oxygens (including phenoxy) is 1. The summed E-state index contributed by atoms with van der Waals surface area (Å²) in [7, 11) is 0. The van der Waals surface area contributed by atoms with Crippen molar-refractivity contribution in [1.82, 2.24) is 4.98 Å². The third-order valence-corrected chi connectivity index (χ3v) is 6.54. The molecule has 3 aliphatic rings. The first-order chi connectivity index (χ1) is 12.1. The Labute approximate surface area is 149 Å². The first-order valence-corrected chi connectivity index (χ1v) is 9.49. The SMILES string of the molecule is Cc1ccc2c(c1)C(=O)C[C@]1(CC[C@@H]3[C@H](C(=O)Nc4nccs4)[C@@H]31)O2. The van der Waals surface area contributed by atoms with E-state index in [2.05, 4.69) is 10.3 Å². The van der Waals surface area contributed by atoms with Crippen LogP contribution in [0.1, 0.15) is 35.2 Å². The second kappa shape index (κ2) is 5.14. The lowest BCUT2D eigenvalue weighted by Crippen LogP contribution is -2.44. The third kappa shape index (κ3) is 2.24. The number of carbonyl (C=O) groups is 2. The molecule has 1 N–H and O–H groups in total. The van der Waals surface area contributed by atoms with E-state index in [9.17, 15) is 9.59 Å². The second-order valence-electron chi connectivity index (χ2n) is 7.35. The van der Waals surface area contributed by atoms with Crippen LogP contribution in [0.25, 0.3) is 0 Å². The van der Waals surface area contributed by atoms with Gasteiger partial charge in [0.25, 0.3) is 0 Å². The third-order valence-electron chi connectivity index (χ3n) is 5.85. The fraction of sp³-hybridized carbons (Fsp3) is 0.421. The minimum Gasteiger partial charge on any atom is -0.486 e. The molecule has 0 saturated heterocycles. The van der Waals surface area contributed by atoms with Gasteiger partial charge in [0.15, 0.2) is 10.9 Å². The number of fused-ring (bicyclic) bond motifs is 3. The molecule has 1 spiro atoms. The summed E-state index contributed by atoms with van der Waals surface area (Å²) in [6.07, 6.45) is 3.85. The number of anilines is 1. The van der Waals surface area contributed by atoms with Gasteiger partial charge in [-0.3, -0.25) is 9.59 Å². The molecular formula is C19H18N2O3S. The van der Waals surface area contributed by atoms with Crippen LogP contribution >= 0.6 is 11.3 Å². The van der Waals surface area contributed by atoms with Crippen LogP contribution in [0.15, 0.2) is 29.8 Å². The Morgan fingerprint density at radius 3 is 3.12 bits per heavy atom. The van der Waals surface area contributed by atoms with Crippen LogP contribution in [0.5, 0.6) is 5.75 Å². The topological polar surface area (TPSA) is 68.3 Å². The highest BCUT2D eigenvalue weighted by molar-refractivity contribution is 7.13. The first kappa shape index (κ1) is 15.1. The van der Waals surface area contributed by atoms with Crippen LogP contribution < -0.4 is 10.1 Å². The summed E-state index contributed by atoms with van der Waals surface area (Å²) in [6.45, 7) is 1.98. The Balaban J connectivity index is 1.40. The lowest BCUT2D eigenvalue weighted by Gasteiger charge is -2.37. The van der Waals surface area contributed by atoms with Crippen molar-refractivity contribution in [1.29, 1.82) is 0 Å². The van der Waals surface area contributed by atoms with E-state index in [1.54, 1.807) is 6.20 Å². The van der Waals surface area contributed by atoms with Gasteiger partial charge in [0.05, 0.1) is 12.0 Å². The van der Waals surface area contributed by atoms with Gasteiger partial charge >= 0.3 is 0 Å². The molecule has 2 heterocycles. The van der Waals surface area contributed by atoms with E-state index < -0.39 is 5.60 Å². The van der Waals surface area contributed by atoms with Gasteiger partial charge in [0.1, 0.15) is 11.4 Å². The fourth-order valence-corrected chi connectivity index (χ4v) is 5.29. The molecule has 0 unspecified atom stereocenters. The van der Waals surface area contributed by atoms with Crippen molar-refractivity contribution >= 4 is 28.2 Å². The number of ketones is 1. The van der Waals surface area contributed by atoms with E-state index in [1.165, 1.54) is 11.3 Å². The summed E-state index contributed by atoms with van der Waals surface area (Å²) in [5, 5.41) is 5.37. The van der Waals surface area contributed by atoms with Gasteiger partial charge in [-0.2, -0.15) is 0 Å². The van der Waals surface area contributed by atoms with Gasteiger partial charge in [-0.15, -0.1) is 11.3 Å². The number of thiazole rings is 1. The Bertz CT molecular complexity index is 879. The average molecular weight is 354 g/mol. The van der Waals surface area contributed by atoms with Gasteiger partial charge < -0.3 is 10.1 Å². The van der Waals surface area contributed by atoms with Crippen molar-refractivity contribution in [3.8, 4) is 5.75 Å². The van der Waals surface area contributed by atoms with Gasteiger partial charge in [0.2, 0.25) is 5.91 Å². The zero-order valence-electron chi connectivity index (χ0n) is 13.8. The van der Waals surface area contributed by atoms with Gasteiger partial charge in [-0.25, -0.2) is 4.98 Å². The van der Waals surface area contributed by atoms with E-state index in [1.807, 2.05) is 30.5 Å². The maximum Gasteiger partial charge on any atom is 0.230 e. The van der Waals surface area contributed by atoms with Crippen LogP contribution in [-0.2, 0) is 4.79 Å². The van der Waals surface area contributed by atoms with E-state index in [0.717, 1.165) is 18.4 Å². The molecule has 1 aliphatic heterocycles. The molecule has 1 aromatic heterocycles. The van der Waals surface area contributed by atoms with Crippen LogP contribution in [0.4, 0.5) is 5.13 Å². The highest BCUT2D eigenvalue weighted by atomic mass is 32.1. The van der Waals surface area contributed by atoms with Crippen molar-refractivity contribution in [2.24, 2.45) is 17.8 Å². The van der Waals surface area contributed by atoms with Crippen LogP contribution in [0.2, 0.25) is 0 Å². The average Bonchev–Trinajstić information content (AvgIpc) is 2.91. The lowest BCUT2D eigenvalue weighted by molar-refractivity contribution is -0.119. The number of carbonyl (C=O) groups excluding carboxylic acids is 2. The Hall–Kier alpha value is -2.21. The van der Waals surface area contributed by atoms with Crippen molar-refractivity contribution in [3.63, 3.8) is 0 Å². The zero-order chi connectivity index (χ0) is 17.2. The van der Waals surface area contributed by atoms with E-state index >= 15 is 0 Å². The largest absolute Gasteiger partial charge is 0.486 e. The predicted molar refractivity (Wildman–Crippen MR) is 93.9 cm³/mol. The Kier molecular flexibility index (Phi) is 3.10. The molecule has 6 heteroatoms. The van der Waals surface area contributed by atoms with Crippen molar-refractivity contribution in [2.75, 3.05) is 5.32 Å². The molecule has 2 fully saturated rings. The molecule has 1 amide bonds. The molecule has 25 heavy (non-hydrogen) atoms.